The maximum Gasteiger partial charge on any atom is 0.285 e. The molecule has 2 rings (SSSR count). The van der Waals surface area contributed by atoms with Gasteiger partial charge in [0.2, 0.25) is 0 Å². The molecule has 1 aliphatic heterocycles. The van der Waals surface area contributed by atoms with Crippen molar-refractivity contribution in [2.45, 2.75) is 24.1 Å². The van der Waals surface area contributed by atoms with Gasteiger partial charge in [-0.15, -0.1) is 11.6 Å². The lowest BCUT2D eigenvalue weighted by Gasteiger charge is -2.32. The predicted molar refractivity (Wildman–Crippen MR) is 65.7 cm³/mol. The molecule has 0 spiro atoms. The van der Waals surface area contributed by atoms with E-state index in [1.54, 1.807) is 23.1 Å². The quantitative estimate of drug-likeness (QED) is 0.751. The molecule has 0 N–H and O–H groups in total. The molecule has 1 nitrogen and oxygen atoms in total. The summed E-state index contributed by atoms with van der Waals surface area (Å²) in [6, 6.07) is 8.00. The van der Waals surface area contributed by atoms with E-state index >= 15 is 0 Å². The van der Waals surface area contributed by atoms with Crippen LogP contribution in [0.5, 0.6) is 0 Å². The van der Waals surface area contributed by atoms with Gasteiger partial charge in [0.05, 0.1) is 6.54 Å². The molecular weight excluding hydrogens is 244 g/mol. The highest BCUT2D eigenvalue weighted by molar-refractivity contribution is 6.20. The van der Waals surface area contributed by atoms with Crippen LogP contribution >= 0.6 is 11.6 Å². The van der Waals surface area contributed by atoms with Gasteiger partial charge in [0.15, 0.2) is 0 Å². The molecule has 17 heavy (non-hydrogen) atoms. The molecule has 0 unspecified atom stereocenters. The summed E-state index contributed by atoms with van der Waals surface area (Å²) in [6.07, 6.45) is 1.60. The molecule has 1 saturated heterocycles. The van der Waals surface area contributed by atoms with Gasteiger partial charge in [0, 0.05) is 10.9 Å². The van der Waals surface area contributed by atoms with Crippen molar-refractivity contribution in [2.24, 2.45) is 0 Å². The van der Waals surface area contributed by atoms with Crippen LogP contribution in [-0.2, 0) is 5.92 Å². The third kappa shape index (κ3) is 3.39. The van der Waals surface area contributed by atoms with E-state index < -0.39 is 5.92 Å². The second kappa shape index (κ2) is 5.32. The van der Waals surface area contributed by atoms with Gasteiger partial charge in [-0.2, -0.15) is 8.78 Å². The van der Waals surface area contributed by atoms with Gasteiger partial charge in [-0.25, -0.2) is 0 Å². The fraction of sp³-hybridized carbons (Fsp3) is 0.538. The smallest absolute Gasteiger partial charge is 0.285 e. The van der Waals surface area contributed by atoms with Crippen LogP contribution in [0.1, 0.15) is 18.4 Å². The summed E-state index contributed by atoms with van der Waals surface area (Å²) in [6.45, 7) is 1.12. The standard InChI is InChI=1S/C13H16ClF2N/c14-12-6-8-17(9-7-12)10-13(15,16)11-4-2-1-3-5-11/h1-5,12H,6-10H2. The Morgan fingerprint density at radius 3 is 2.35 bits per heavy atom. The zero-order valence-corrected chi connectivity index (χ0v) is 10.3. The van der Waals surface area contributed by atoms with E-state index in [9.17, 15) is 8.78 Å². The first-order valence-electron chi connectivity index (χ1n) is 5.88. The topological polar surface area (TPSA) is 3.24 Å². The summed E-state index contributed by atoms with van der Waals surface area (Å²) in [5.74, 6) is -2.78. The number of rotatable bonds is 3. The molecule has 0 aromatic heterocycles. The molecular formula is C13H16ClF2N. The van der Waals surface area contributed by atoms with Gasteiger partial charge >= 0.3 is 0 Å². The fourth-order valence-electron chi connectivity index (χ4n) is 2.11. The van der Waals surface area contributed by atoms with Crippen molar-refractivity contribution >= 4 is 11.6 Å². The lowest BCUT2D eigenvalue weighted by atomic mass is 10.1. The normalized spacial score (nSPS) is 19.5. The monoisotopic (exact) mass is 259 g/mol. The van der Waals surface area contributed by atoms with E-state index in [0.717, 1.165) is 12.8 Å². The highest BCUT2D eigenvalue weighted by Crippen LogP contribution is 2.30. The van der Waals surface area contributed by atoms with E-state index in [1.807, 2.05) is 0 Å². The second-order valence-corrected chi connectivity index (χ2v) is 5.14. The van der Waals surface area contributed by atoms with Crippen molar-refractivity contribution in [3.63, 3.8) is 0 Å². The highest BCUT2D eigenvalue weighted by Gasteiger charge is 2.34. The lowest BCUT2D eigenvalue weighted by Crippen LogP contribution is -2.40. The summed E-state index contributed by atoms with van der Waals surface area (Å²) in [5, 5.41) is 0.150. The van der Waals surface area contributed by atoms with Crippen molar-refractivity contribution in [1.82, 2.24) is 4.90 Å². The van der Waals surface area contributed by atoms with Gasteiger partial charge < -0.3 is 0 Å². The van der Waals surface area contributed by atoms with Gasteiger partial charge in [-0.05, 0) is 25.9 Å². The Hall–Kier alpha value is -0.670. The molecule has 94 valence electrons. The Morgan fingerprint density at radius 1 is 1.18 bits per heavy atom. The van der Waals surface area contributed by atoms with Crippen LogP contribution in [0.4, 0.5) is 8.78 Å². The molecule has 1 fully saturated rings. The molecule has 0 amide bonds. The number of benzene rings is 1. The van der Waals surface area contributed by atoms with Crippen LogP contribution in [0.15, 0.2) is 30.3 Å². The van der Waals surface area contributed by atoms with Crippen LogP contribution < -0.4 is 0 Å². The van der Waals surface area contributed by atoms with Gasteiger partial charge in [0.1, 0.15) is 0 Å². The third-order valence-electron chi connectivity index (χ3n) is 3.14. The Balaban J connectivity index is 1.98. The van der Waals surface area contributed by atoms with E-state index in [4.69, 9.17) is 11.6 Å². The zero-order valence-electron chi connectivity index (χ0n) is 9.58. The van der Waals surface area contributed by atoms with Gasteiger partial charge in [-0.1, -0.05) is 30.3 Å². The summed E-state index contributed by atoms with van der Waals surface area (Å²) in [5.41, 5.74) is 0.0907. The maximum absolute atomic E-state index is 14.0. The van der Waals surface area contributed by atoms with E-state index in [-0.39, 0.29) is 17.5 Å². The average Bonchev–Trinajstić information content (AvgIpc) is 2.33. The minimum Gasteiger partial charge on any atom is -0.297 e. The number of hydrogen-bond donors (Lipinski definition) is 0. The molecule has 0 bridgehead atoms. The molecule has 1 aliphatic rings. The van der Waals surface area contributed by atoms with E-state index in [1.165, 1.54) is 12.1 Å². The van der Waals surface area contributed by atoms with E-state index in [2.05, 4.69) is 0 Å². The van der Waals surface area contributed by atoms with Crippen LogP contribution in [-0.4, -0.2) is 29.9 Å². The number of piperidine rings is 1. The van der Waals surface area contributed by atoms with Crippen molar-refractivity contribution in [3.05, 3.63) is 35.9 Å². The summed E-state index contributed by atoms with van der Waals surface area (Å²) in [4.78, 5) is 1.80. The average molecular weight is 260 g/mol. The summed E-state index contributed by atoms with van der Waals surface area (Å²) in [7, 11) is 0. The van der Waals surface area contributed by atoms with Crippen molar-refractivity contribution < 1.29 is 8.78 Å². The van der Waals surface area contributed by atoms with Crippen molar-refractivity contribution in [2.75, 3.05) is 19.6 Å². The lowest BCUT2D eigenvalue weighted by molar-refractivity contribution is -0.0413. The predicted octanol–water partition coefficient (Wildman–Crippen LogP) is 3.48. The zero-order chi connectivity index (χ0) is 12.3. The maximum atomic E-state index is 14.0. The number of halogens is 3. The molecule has 1 heterocycles. The first-order chi connectivity index (χ1) is 8.08. The number of alkyl halides is 3. The first-order valence-corrected chi connectivity index (χ1v) is 6.31. The molecule has 1 aromatic rings. The Morgan fingerprint density at radius 2 is 1.76 bits per heavy atom. The molecule has 0 atom stereocenters. The van der Waals surface area contributed by atoms with E-state index in [0.29, 0.717) is 13.1 Å². The number of hydrogen-bond acceptors (Lipinski definition) is 1. The largest absolute Gasteiger partial charge is 0.297 e. The van der Waals surface area contributed by atoms with Gasteiger partial charge in [0.25, 0.3) is 5.92 Å². The molecule has 4 heteroatoms. The SMILES string of the molecule is FC(F)(CN1CCC(Cl)CC1)c1ccccc1. The molecule has 0 aliphatic carbocycles. The van der Waals surface area contributed by atoms with Crippen LogP contribution in [0.3, 0.4) is 0 Å². The van der Waals surface area contributed by atoms with Crippen molar-refractivity contribution in [3.8, 4) is 0 Å². The number of likely N-dealkylation sites (tertiary alicyclic amines) is 1. The molecule has 0 radical (unpaired) electrons. The van der Waals surface area contributed by atoms with Gasteiger partial charge in [-0.3, -0.25) is 4.90 Å². The minimum absolute atomic E-state index is 0.0907. The fourth-order valence-corrected chi connectivity index (χ4v) is 2.31. The Labute approximate surface area is 105 Å². The number of nitrogens with zero attached hydrogens (tertiary/aromatic N) is 1. The third-order valence-corrected chi connectivity index (χ3v) is 3.57. The minimum atomic E-state index is -2.78. The Kier molecular flexibility index (Phi) is 4.00. The molecule has 0 saturated carbocycles. The highest BCUT2D eigenvalue weighted by atomic mass is 35.5. The molecule has 1 aromatic carbocycles. The Bertz CT molecular complexity index is 348. The van der Waals surface area contributed by atoms with Crippen LogP contribution in [0, 0.1) is 0 Å². The summed E-state index contributed by atoms with van der Waals surface area (Å²) >= 11 is 5.96. The van der Waals surface area contributed by atoms with Crippen LogP contribution in [0.25, 0.3) is 0 Å². The second-order valence-electron chi connectivity index (χ2n) is 4.52. The van der Waals surface area contributed by atoms with Crippen LogP contribution in [0.2, 0.25) is 0 Å². The first kappa shape index (κ1) is 12.8. The van der Waals surface area contributed by atoms with Crippen molar-refractivity contribution in [1.29, 1.82) is 0 Å². The summed E-state index contributed by atoms with van der Waals surface area (Å²) < 4.78 is 27.9.